The van der Waals surface area contributed by atoms with Crippen molar-refractivity contribution in [1.29, 1.82) is 0 Å². The highest BCUT2D eigenvalue weighted by atomic mass is 32.1. The molecule has 0 N–H and O–H groups in total. The van der Waals surface area contributed by atoms with Gasteiger partial charge in [-0.05, 0) is 50.8 Å². The highest BCUT2D eigenvalue weighted by Gasteiger charge is 2.36. The van der Waals surface area contributed by atoms with Crippen molar-refractivity contribution in [3.8, 4) is 5.75 Å². The zero-order valence-corrected chi connectivity index (χ0v) is 14.7. The molecule has 1 aromatic carbocycles. The summed E-state index contributed by atoms with van der Waals surface area (Å²) in [4.78, 5) is 19.3. The van der Waals surface area contributed by atoms with E-state index in [1.54, 1.807) is 11.3 Å². The van der Waals surface area contributed by atoms with Crippen LogP contribution in [0.15, 0.2) is 18.2 Å². The van der Waals surface area contributed by atoms with Gasteiger partial charge in [0.1, 0.15) is 5.75 Å². The van der Waals surface area contributed by atoms with E-state index < -0.39 is 0 Å². The molecule has 1 aromatic heterocycles. The number of carbonyl (C=O) groups excluding carboxylic acids is 1. The first kappa shape index (κ1) is 15.8. The molecule has 1 unspecified atom stereocenters. The van der Waals surface area contributed by atoms with Gasteiger partial charge in [-0.1, -0.05) is 11.3 Å². The van der Waals surface area contributed by atoms with Crippen molar-refractivity contribution in [2.24, 2.45) is 5.92 Å². The average Bonchev–Trinajstić information content (AvgIpc) is 3.14. The van der Waals surface area contributed by atoms with Crippen LogP contribution in [0.5, 0.6) is 5.75 Å². The van der Waals surface area contributed by atoms with Crippen LogP contribution < -0.4 is 9.64 Å². The van der Waals surface area contributed by atoms with Crippen LogP contribution in [0, 0.1) is 5.92 Å². The van der Waals surface area contributed by atoms with Crippen molar-refractivity contribution in [3.05, 3.63) is 18.2 Å². The lowest BCUT2D eigenvalue weighted by atomic mass is 10.2. The first-order valence-electron chi connectivity index (χ1n) is 8.71. The Bertz CT molecular complexity index is 735. The SMILES string of the molecule is CCOc1ccc2nc(N(CC3CCCO3)C(=O)C3CC3)sc2c1. The smallest absolute Gasteiger partial charge is 0.231 e. The predicted molar refractivity (Wildman–Crippen MR) is 94.8 cm³/mol. The minimum atomic E-state index is 0.138. The van der Waals surface area contributed by atoms with Crippen LogP contribution in [0.3, 0.4) is 0 Å². The fourth-order valence-corrected chi connectivity index (χ4v) is 4.08. The largest absolute Gasteiger partial charge is 0.494 e. The van der Waals surface area contributed by atoms with E-state index in [9.17, 15) is 4.79 Å². The molecule has 0 radical (unpaired) electrons. The molecule has 0 spiro atoms. The predicted octanol–water partition coefficient (Wildman–Crippen LogP) is 3.62. The summed E-state index contributed by atoms with van der Waals surface area (Å²) < 4.78 is 12.4. The van der Waals surface area contributed by atoms with Crippen LogP contribution in [0.25, 0.3) is 10.2 Å². The quantitative estimate of drug-likeness (QED) is 0.802. The third-order valence-electron chi connectivity index (χ3n) is 4.49. The number of aromatic nitrogens is 1. The van der Waals surface area contributed by atoms with E-state index in [4.69, 9.17) is 14.5 Å². The maximum atomic E-state index is 12.8. The van der Waals surface area contributed by atoms with Gasteiger partial charge < -0.3 is 9.47 Å². The van der Waals surface area contributed by atoms with Crippen molar-refractivity contribution in [2.75, 3.05) is 24.7 Å². The molecule has 2 aromatic rings. The van der Waals surface area contributed by atoms with E-state index in [1.807, 2.05) is 30.0 Å². The molecular formula is C18H22N2O3S. The van der Waals surface area contributed by atoms with Gasteiger partial charge in [-0.2, -0.15) is 0 Å². The van der Waals surface area contributed by atoms with Crippen LogP contribution in [-0.2, 0) is 9.53 Å². The lowest BCUT2D eigenvalue weighted by Gasteiger charge is -2.22. The van der Waals surface area contributed by atoms with Gasteiger partial charge in [-0.3, -0.25) is 9.69 Å². The topological polar surface area (TPSA) is 51.7 Å². The zero-order chi connectivity index (χ0) is 16.5. The molecule has 2 fully saturated rings. The van der Waals surface area contributed by atoms with E-state index >= 15 is 0 Å². The Morgan fingerprint density at radius 3 is 3.00 bits per heavy atom. The van der Waals surface area contributed by atoms with Gasteiger partial charge in [0.25, 0.3) is 0 Å². The van der Waals surface area contributed by atoms with Gasteiger partial charge in [-0.15, -0.1) is 0 Å². The second-order valence-corrected chi connectivity index (χ2v) is 7.43. The number of hydrogen-bond donors (Lipinski definition) is 0. The zero-order valence-electron chi connectivity index (χ0n) is 13.9. The van der Waals surface area contributed by atoms with Gasteiger partial charge >= 0.3 is 0 Å². The monoisotopic (exact) mass is 346 g/mol. The number of thiazole rings is 1. The summed E-state index contributed by atoms with van der Waals surface area (Å²) in [6.07, 6.45) is 4.24. The Kier molecular flexibility index (Phi) is 4.41. The Balaban J connectivity index is 1.62. The third-order valence-corrected chi connectivity index (χ3v) is 5.53. The highest BCUT2D eigenvalue weighted by Crippen LogP contribution is 2.37. The van der Waals surface area contributed by atoms with Gasteiger partial charge in [-0.25, -0.2) is 4.98 Å². The van der Waals surface area contributed by atoms with Gasteiger partial charge in [0.05, 0.1) is 29.5 Å². The minimum Gasteiger partial charge on any atom is -0.494 e. The summed E-state index contributed by atoms with van der Waals surface area (Å²) in [7, 11) is 0. The lowest BCUT2D eigenvalue weighted by Crippen LogP contribution is -2.38. The van der Waals surface area contributed by atoms with Crippen LogP contribution >= 0.6 is 11.3 Å². The number of fused-ring (bicyclic) bond motifs is 1. The summed E-state index contributed by atoms with van der Waals surface area (Å²) in [5.74, 6) is 1.23. The number of carbonyl (C=O) groups is 1. The number of benzene rings is 1. The van der Waals surface area contributed by atoms with Crippen molar-refractivity contribution in [1.82, 2.24) is 4.98 Å². The van der Waals surface area contributed by atoms with Gasteiger partial charge in [0.15, 0.2) is 5.13 Å². The van der Waals surface area contributed by atoms with E-state index in [1.165, 1.54) is 0 Å². The van der Waals surface area contributed by atoms with E-state index in [-0.39, 0.29) is 17.9 Å². The average molecular weight is 346 g/mol. The molecule has 4 rings (SSSR count). The molecule has 2 heterocycles. The first-order valence-corrected chi connectivity index (χ1v) is 9.52. The van der Waals surface area contributed by atoms with E-state index in [0.29, 0.717) is 13.2 Å². The molecule has 1 saturated carbocycles. The molecule has 5 nitrogen and oxygen atoms in total. The van der Waals surface area contributed by atoms with Crippen LogP contribution in [0.1, 0.15) is 32.6 Å². The standard InChI is InChI=1S/C18H22N2O3S/c1-2-22-13-7-8-15-16(10-13)24-18(19-15)20(17(21)12-5-6-12)11-14-4-3-9-23-14/h7-8,10,12,14H,2-6,9,11H2,1H3. The molecule has 1 atom stereocenters. The first-order chi connectivity index (χ1) is 11.7. The molecule has 128 valence electrons. The fraction of sp³-hybridized carbons (Fsp3) is 0.556. The number of rotatable bonds is 6. The summed E-state index contributed by atoms with van der Waals surface area (Å²) >= 11 is 1.56. The lowest BCUT2D eigenvalue weighted by molar-refractivity contribution is -0.120. The maximum absolute atomic E-state index is 12.8. The van der Waals surface area contributed by atoms with Crippen LogP contribution in [0.2, 0.25) is 0 Å². The van der Waals surface area contributed by atoms with Crippen molar-refractivity contribution in [2.45, 2.75) is 38.7 Å². The Hall–Kier alpha value is -1.66. The number of hydrogen-bond acceptors (Lipinski definition) is 5. The fourth-order valence-electron chi connectivity index (χ4n) is 3.07. The number of anilines is 1. The second kappa shape index (κ2) is 6.69. The van der Waals surface area contributed by atoms with Crippen molar-refractivity contribution < 1.29 is 14.3 Å². The van der Waals surface area contributed by atoms with E-state index in [2.05, 4.69) is 0 Å². The molecule has 1 saturated heterocycles. The summed E-state index contributed by atoms with van der Waals surface area (Å²) in [6.45, 7) is 4.03. The molecule has 6 heteroatoms. The molecular weight excluding hydrogens is 324 g/mol. The highest BCUT2D eigenvalue weighted by molar-refractivity contribution is 7.22. The number of ether oxygens (including phenoxy) is 2. The summed E-state index contributed by atoms with van der Waals surface area (Å²) in [5.41, 5.74) is 0.916. The van der Waals surface area contributed by atoms with Gasteiger partial charge in [0.2, 0.25) is 5.91 Å². The molecule has 1 amide bonds. The molecule has 24 heavy (non-hydrogen) atoms. The molecule has 1 aliphatic heterocycles. The van der Waals surface area contributed by atoms with Crippen molar-refractivity contribution >= 4 is 32.6 Å². The summed E-state index contributed by atoms with van der Waals surface area (Å²) in [6, 6.07) is 5.90. The normalized spacial score (nSPS) is 20.5. The Labute approximate surface area is 145 Å². The minimum absolute atomic E-state index is 0.138. The third kappa shape index (κ3) is 3.26. The Morgan fingerprint density at radius 1 is 1.42 bits per heavy atom. The van der Waals surface area contributed by atoms with Gasteiger partial charge in [0, 0.05) is 12.5 Å². The Morgan fingerprint density at radius 2 is 2.29 bits per heavy atom. The second-order valence-electron chi connectivity index (χ2n) is 6.42. The summed E-state index contributed by atoms with van der Waals surface area (Å²) in [5, 5.41) is 0.783. The molecule has 1 aliphatic carbocycles. The van der Waals surface area contributed by atoms with Crippen molar-refractivity contribution in [3.63, 3.8) is 0 Å². The number of nitrogens with zero attached hydrogens (tertiary/aromatic N) is 2. The number of amides is 1. The van der Waals surface area contributed by atoms with Crippen LogP contribution in [-0.4, -0.2) is 36.8 Å². The van der Waals surface area contributed by atoms with E-state index in [0.717, 1.165) is 53.4 Å². The van der Waals surface area contributed by atoms with Crippen LogP contribution in [0.4, 0.5) is 5.13 Å². The maximum Gasteiger partial charge on any atom is 0.231 e. The molecule has 2 aliphatic rings. The molecule has 0 bridgehead atoms.